The Hall–Kier alpha value is -2.91. The summed E-state index contributed by atoms with van der Waals surface area (Å²) in [6.07, 6.45) is 2.14. The average molecular weight is 460 g/mol. The van der Waals surface area contributed by atoms with Crippen LogP contribution in [0.5, 0.6) is 0 Å². The van der Waals surface area contributed by atoms with Crippen molar-refractivity contribution in [3.05, 3.63) is 71.4 Å². The topological polar surface area (TPSA) is 78.5 Å². The predicted octanol–water partition coefficient (Wildman–Crippen LogP) is 4.47. The number of hydrogen-bond donors (Lipinski definition) is 2. The van der Waals surface area contributed by atoms with Crippen molar-refractivity contribution >= 4 is 44.3 Å². The molecule has 1 aliphatic heterocycles. The highest BCUT2D eigenvalue weighted by Gasteiger charge is 2.20. The minimum atomic E-state index is -3.62. The highest BCUT2D eigenvalue weighted by molar-refractivity contribution is 7.94. The number of rotatable bonds is 7. The zero-order chi connectivity index (χ0) is 21.8. The molecule has 1 saturated heterocycles. The summed E-state index contributed by atoms with van der Waals surface area (Å²) in [5.74, 6) is -0.798. The normalized spacial score (nSPS) is 13.9. The lowest BCUT2D eigenvalue weighted by Gasteiger charge is -2.22. The lowest BCUT2D eigenvalue weighted by atomic mass is 10.1. The van der Waals surface area contributed by atoms with Crippen molar-refractivity contribution in [1.29, 1.82) is 0 Å². The zero-order valence-electron chi connectivity index (χ0n) is 16.7. The Kier molecular flexibility index (Phi) is 6.24. The molecule has 0 unspecified atom stereocenters. The summed E-state index contributed by atoms with van der Waals surface area (Å²) in [6.45, 7) is 1.68. The van der Waals surface area contributed by atoms with Crippen LogP contribution in [0, 0.1) is 5.82 Å². The number of sulfonamides is 1. The van der Waals surface area contributed by atoms with Gasteiger partial charge in [0.05, 0.1) is 12.1 Å². The van der Waals surface area contributed by atoms with Gasteiger partial charge in [-0.2, -0.15) is 0 Å². The van der Waals surface area contributed by atoms with E-state index in [1.54, 1.807) is 41.8 Å². The van der Waals surface area contributed by atoms with Crippen LogP contribution in [0.15, 0.2) is 64.2 Å². The smallest absolute Gasteiger partial charge is 0.271 e. The standard InChI is InChI=1S/C22H22FN3O3S2/c23-18-5-3-6-19(26-12-1-2-13-26)22(18)24-20(27)15-16-8-10-17(11-9-16)25-31(28,29)21-7-4-14-30-21/h3-11,14,25H,1-2,12-13,15H2,(H,24,27). The molecule has 0 radical (unpaired) electrons. The maximum Gasteiger partial charge on any atom is 0.271 e. The monoisotopic (exact) mass is 459 g/mol. The summed E-state index contributed by atoms with van der Waals surface area (Å²) in [4.78, 5) is 14.6. The molecule has 0 saturated carbocycles. The summed E-state index contributed by atoms with van der Waals surface area (Å²) in [5.41, 5.74) is 2.00. The highest BCUT2D eigenvalue weighted by Crippen LogP contribution is 2.31. The number of benzene rings is 2. The number of anilines is 3. The third kappa shape index (κ3) is 5.05. The Morgan fingerprint density at radius 2 is 1.77 bits per heavy atom. The van der Waals surface area contributed by atoms with E-state index in [1.165, 1.54) is 12.1 Å². The highest BCUT2D eigenvalue weighted by atomic mass is 32.2. The van der Waals surface area contributed by atoms with E-state index in [2.05, 4.69) is 14.9 Å². The van der Waals surface area contributed by atoms with Crippen molar-refractivity contribution in [1.82, 2.24) is 0 Å². The minimum absolute atomic E-state index is 0.0474. The number of nitrogens with one attached hydrogen (secondary N) is 2. The van der Waals surface area contributed by atoms with Crippen LogP contribution in [0.3, 0.4) is 0 Å². The average Bonchev–Trinajstić information content (AvgIpc) is 3.45. The van der Waals surface area contributed by atoms with E-state index in [0.717, 1.165) is 37.3 Å². The summed E-state index contributed by atoms with van der Waals surface area (Å²) >= 11 is 1.14. The van der Waals surface area contributed by atoms with Crippen LogP contribution in [0.4, 0.5) is 21.5 Å². The van der Waals surface area contributed by atoms with Gasteiger partial charge in [-0.15, -0.1) is 11.3 Å². The van der Waals surface area contributed by atoms with Gasteiger partial charge in [0.25, 0.3) is 10.0 Å². The number of carbonyl (C=O) groups excluding carboxylic acids is 1. The molecule has 2 N–H and O–H groups in total. The second-order valence-electron chi connectivity index (χ2n) is 7.29. The van der Waals surface area contributed by atoms with Gasteiger partial charge in [0, 0.05) is 18.8 Å². The fraction of sp³-hybridized carbons (Fsp3) is 0.227. The first-order valence-electron chi connectivity index (χ1n) is 9.91. The Morgan fingerprint density at radius 1 is 1.03 bits per heavy atom. The molecule has 1 fully saturated rings. The van der Waals surface area contributed by atoms with Crippen LogP contribution in [0.2, 0.25) is 0 Å². The summed E-state index contributed by atoms with van der Waals surface area (Å²) in [5, 5.41) is 4.41. The van der Waals surface area contributed by atoms with Gasteiger partial charge in [0.1, 0.15) is 15.7 Å². The van der Waals surface area contributed by atoms with Crippen LogP contribution in [0.1, 0.15) is 18.4 Å². The molecule has 6 nitrogen and oxygen atoms in total. The Morgan fingerprint density at radius 3 is 2.45 bits per heavy atom. The molecule has 1 aromatic heterocycles. The quantitative estimate of drug-likeness (QED) is 0.547. The maximum absolute atomic E-state index is 14.4. The molecule has 31 heavy (non-hydrogen) atoms. The predicted molar refractivity (Wildman–Crippen MR) is 122 cm³/mol. The number of nitrogens with zero attached hydrogens (tertiary/aromatic N) is 1. The molecule has 0 aliphatic carbocycles. The van der Waals surface area contributed by atoms with Crippen molar-refractivity contribution in [2.45, 2.75) is 23.5 Å². The van der Waals surface area contributed by atoms with Gasteiger partial charge in [-0.25, -0.2) is 12.8 Å². The molecule has 1 amide bonds. The first kappa shape index (κ1) is 21.3. The van der Waals surface area contributed by atoms with E-state index >= 15 is 0 Å². The van der Waals surface area contributed by atoms with Crippen LogP contribution < -0.4 is 14.9 Å². The number of thiophene rings is 1. The molecular formula is C22H22FN3O3S2. The lowest BCUT2D eigenvalue weighted by molar-refractivity contribution is -0.115. The maximum atomic E-state index is 14.4. The number of para-hydroxylation sites is 1. The van der Waals surface area contributed by atoms with Crippen LogP contribution in [-0.4, -0.2) is 27.4 Å². The van der Waals surface area contributed by atoms with E-state index < -0.39 is 15.8 Å². The van der Waals surface area contributed by atoms with Gasteiger partial charge < -0.3 is 10.2 Å². The summed E-state index contributed by atoms with van der Waals surface area (Å²) in [7, 11) is -3.62. The van der Waals surface area contributed by atoms with Gasteiger partial charge in [-0.05, 0) is 54.1 Å². The van der Waals surface area contributed by atoms with Crippen LogP contribution in [0.25, 0.3) is 0 Å². The molecule has 0 atom stereocenters. The molecular weight excluding hydrogens is 437 g/mol. The lowest BCUT2D eigenvalue weighted by Crippen LogP contribution is -2.22. The van der Waals surface area contributed by atoms with Crippen molar-refractivity contribution < 1.29 is 17.6 Å². The van der Waals surface area contributed by atoms with Crippen molar-refractivity contribution in [3.63, 3.8) is 0 Å². The number of halogens is 1. The molecule has 0 bridgehead atoms. The van der Waals surface area contributed by atoms with Gasteiger partial charge in [-0.1, -0.05) is 24.3 Å². The number of carbonyl (C=O) groups is 1. The van der Waals surface area contributed by atoms with Crippen molar-refractivity contribution in [2.75, 3.05) is 28.0 Å². The van der Waals surface area contributed by atoms with Gasteiger partial charge in [0.15, 0.2) is 0 Å². The fourth-order valence-corrected chi connectivity index (χ4v) is 5.59. The molecule has 2 heterocycles. The molecule has 1 aliphatic rings. The van der Waals surface area contributed by atoms with E-state index in [9.17, 15) is 17.6 Å². The number of amides is 1. The van der Waals surface area contributed by atoms with E-state index in [1.807, 2.05) is 6.07 Å². The van der Waals surface area contributed by atoms with E-state index in [4.69, 9.17) is 0 Å². The second kappa shape index (κ2) is 9.07. The third-order valence-electron chi connectivity index (χ3n) is 5.03. The van der Waals surface area contributed by atoms with Crippen molar-refractivity contribution in [3.8, 4) is 0 Å². The Labute approximate surface area is 184 Å². The zero-order valence-corrected chi connectivity index (χ0v) is 18.3. The van der Waals surface area contributed by atoms with E-state index in [-0.39, 0.29) is 22.2 Å². The Balaban J connectivity index is 1.42. The Bertz CT molecular complexity index is 1160. The van der Waals surface area contributed by atoms with Crippen molar-refractivity contribution in [2.24, 2.45) is 0 Å². The molecule has 4 rings (SSSR count). The number of hydrogen-bond acceptors (Lipinski definition) is 5. The minimum Gasteiger partial charge on any atom is -0.370 e. The summed E-state index contributed by atoms with van der Waals surface area (Å²) < 4.78 is 41.8. The fourth-order valence-electron chi connectivity index (χ4n) is 3.54. The second-order valence-corrected chi connectivity index (χ2v) is 10.1. The molecule has 9 heteroatoms. The van der Waals surface area contributed by atoms with Gasteiger partial charge in [0.2, 0.25) is 5.91 Å². The largest absolute Gasteiger partial charge is 0.370 e. The molecule has 162 valence electrons. The van der Waals surface area contributed by atoms with Gasteiger partial charge >= 0.3 is 0 Å². The van der Waals surface area contributed by atoms with E-state index in [0.29, 0.717) is 16.9 Å². The third-order valence-corrected chi connectivity index (χ3v) is 7.81. The van der Waals surface area contributed by atoms with Crippen LogP contribution >= 0.6 is 11.3 Å². The molecule has 2 aromatic carbocycles. The molecule has 3 aromatic rings. The molecule has 0 spiro atoms. The summed E-state index contributed by atoms with van der Waals surface area (Å²) in [6, 6.07) is 14.6. The van der Waals surface area contributed by atoms with Crippen LogP contribution in [-0.2, 0) is 21.2 Å². The first-order chi connectivity index (χ1) is 14.9. The first-order valence-corrected chi connectivity index (χ1v) is 12.3. The SMILES string of the molecule is O=C(Cc1ccc(NS(=O)(=O)c2cccs2)cc1)Nc1c(F)cccc1N1CCCC1. The van der Waals surface area contributed by atoms with Gasteiger partial charge in [-0.3, -0.25) is 9.52 Å².